The van der Waals surface area contributed by atoms with Crippen molar-refractivity contribution < 1.29 is 5.11 Å². The lowest BCUT2D eigenvalue weighted by molar-refractivity contribution is 0.301. The zero-order chi connectivity index (χ0) is 13.7. The third-order valence-electron chi connectivity index (χ3n) is 3.11. The number of nitrogens with one attached hydrogen (secondary N) is 1. The van der Waals surface area contributed by atoms with Gasteiger partial charge in [0.1, 0.15) is 5.75 Å². The Bertz CT molecular complexity index is 402. The Kier molecular flexibility index (Phi) is 6.49. The van der Waals surface area contributed by atoms with Gasteiger partial charge in [-0.25, -0.2) is 0 Å². The zero-order valence-electron chi connectivity index (χ0n) is 10.7. The molecule has 0 atom stereocenters. The van der Waals surface area contributed by atoms with Crippen molar-refractivity contribution in [3.8, 4) is 5.75 Å². The molecule has 3 nitrogen and oxygen atoms in total. The van der Waals surface area contributed by atoms with E-state index in [1.54, 1.807) is 0 Å². The van der Waals surface area contributed by atoms with Crippen LogP contribution in [0.15, 0.2) is 21.1 Å². The van der Waals surface area contributed by atoms with Gasteiger partial charge in [-0.05, 0) is 49.6 Å². The van der Waals surface area contributed by atoms with E-state index in [4.69, 9.17) is 0 Å². The van der Waals surface area contributed by atoms with Crippen LogP contribution in [-0.4, -0.2) is 47.7 Å². The molecule has 0 spiro atoms. The molecular weight excluding hydrogens is 392 g/mol. The number of nitrogens with zero attached hydrogens (tertiary/aromatic N) is 1. The smallest absolute Gasteiger partial charge is 0.143 e. The average molecular weight is 410 g/mol. The normalized spacial score (nSPS) is 16.7. The third-order valence-corrected chi connectivity index (χ3v) is 5.27. The first-order valence-electron chi connectivity index (χ1n) is 6.34. The van der Waals surface area contributed by atoms with Crippen LogP contribution < -0.4 is 5.32 Å². The van der Waals surface area contributed by atoms with Gasteiger partial charge in [-0.1, -0.05) is 0 Å². The van der Waals surface area contributed by atoms with Crippen molar-refractivity contribution in [2.75, 3.05) is 37.7 Å². The molecule has 0 bridgehead atoms. The molecule has 0 aliphatic carbocycles. The largest absolute Gasteiger partial charge is 0.506 e. The van der Waals surface area contributed by atoms with Crippen molar-refractivity contribution in [2.24, 2.45) is 0 Å². The molecule has 0 unspecified atom stereocenters. The van der Waals surface area contributed by atoms with Gasteiger partial charge < -0.3 is 15.3 Å². The molecule has 2 N–H and O–H groups in total. The number of benzene rings is 1. The number of halogens is 2. The predicted octanol–water partition coefficient (Wildman–Crippen LogP) is 3.06. The van der Waals surface area contributed by atoms with Crippen molar-refractivity contribution in [3.63, 3.8) is 0 Å². The van der Waals surface area contributed by atoms with E-state index in [2.05, 4.69) is 42.1 Å². The lowest BCUT2D eigenvalue weighted by atomic mass is 10.2. The van der Waals surface area contributed by atoms with E-state index in [1.807, 2.05) is 23.9 Å². The highest BCUT2D eigenvalue weighted by Crippen LogP contribution is 2.33. The number of phenols is 1. The van der Waals surface area contributed by atoms with Gasteiger partial charge in [-0.3, -0.25) is 0 Å². The summed E-state index contributed by atoms with van der Waals surface area (Å²) in [7, 11) is 0. The van der Waals surface area contributed by atoms with Crippen LogP contribution in [0.1, 0.15) is 5.56 Å². The minimum absolute atomic E-state index is 0.259. The molecule has 6 heteroatoms. The number of phenolic OH excluding ortho intramolecular Hbond substituents is 1. The van der Waals surface area contributed by atoms with Gasteiger partial charge in [0.2, 0.25) is 0 Å². The lowest BCUT2D eigenvalue weighted by Crippen LogP contribution is -2.37. The maximum atomic E-state index is 9.65. The first-order valence-corrected chi connectivity index (χ1v) is 9.08. The Morgan fingerprint density at radius 2 is 1.84 bits per heavy atom. The number of hydrogen-bond donors (Lipinski definition) is 2. The summed E-state index contributed by atoms with van der Waals surface area (Å²) in [6, 6.07) is 3.90. The van der Waals surface area contributed by atoms with Crippen molar-refractivity contribution in [3.05, 3.63) is 26.6 Å². The zero-order valence-corrected chi connectivity index (χ0v) is 14.7. The molecule has 0 amide bonds. The Morgan fingerprint density at radius 3 is 2.47 bits per heavy atom. The molecule has 0 radical (unpaired) electrons. The van der Waals surface area contributed by atoms with Crippen LogP contribution in [0.5, 0.6) is 5.75 Å². The maximum Gasteiger partial charge on any atom is 0.143 e. The summed E-state index contributed by atoms with van der Waals surface area (Å²) in [6.07, 6.45) is 0. The molecule has 106 valence electrons. The molecule has 0 aromatic heterocycles. The van der Waals surface area contributed by atoms with Crippen LogP contribution in [0.2, 0.25) is 0 Å². The summed E-state index contributed by atoms with van der Waals surface area (Å²) in [6.45, 7) is 5.35. The fourth-order valence-electron chi connectivity index (χ4n) is 2.01. The molecule has 1 fully saturated rings. The van der Waals surface area contributed by atoms with Crippen molar-refractivity contribution in [1.82, 2.24) is 10.2 Å². The molecule has 0 saturated carbocycles. The minimum Gasteiger partial charge on any atom is -0.506 e. The second-order valence-corrected chi connectivity index (χ2v) is 7.47. The molecule has 1 heterocycles. The van der Waals surface area contributed by atoms with E-state index < -0.39 is 0 Å². The van der Waals surface area contributed by atoms with E-state index in [9.17, 15) is 5.11 Å². The van der Waals surface area contributed by atoms with Gasteiger partial charge in [-0.2, -0.15) is 11.8 Å². The van der Waals surface area contributed by atoms with Crippen molar-refractivity contribution in [2.45, 2.75) is 6.54 Å². The quantitative estimate of drug-likeness (QED) is 0.732. The Balaban J connectivity index is 1.73. The standard InChI is InChI=1S/C13H18Br2N2OS/c14-11-7-10(8-12(15)13(11)18)9-16-1-2-17-3-5-19-6-4-17/h7-8,16,18H,1-6,9H2. The fraction of sp³-hybridized carbons (Fsp3) is 0.538. The molecule has 19 heavy (non-hydrogen) atoms. The number of aromatic hydroxyl groups is 1. The molecule has 1 aliphatic heterocycles. The minimum atomic E-state index is 0.259. The van der Waals surface area contributed by atoms with Crippen molar-refractivity contribution in [1.29, 1.82) is 0 Å². The van der Waals surface area contributed by atoms with Crippen LogP contribution in [0.25, 0.3) is 0 Å². The fourth-order valence-corrected chi connectivity index (χ4v) is 4.27. The predicted molar refractivity (Wildman–Crippen MR) is 89.0 cm³/mol. The summed E-state index contributed by atoms with van der Waals surface area (Å²) in [5.41, 5.74) is 1.16. The van der Waals surface area contributed by atoms with Crippen molar-refractivity contribution >= 4 is 43.6 Å². The SMILES string of the molecule is Oc1c(Br)cc(CNCCN2CCSCC2)cc1Br. The number of hydrogen-bond acceptors (Lipinski definition) is 4. The molecule has 1 aliphatic rings. The molecule has 2 rings (SSSR count). The van der Waals surface area contributed by atoms with Crippen LogP contribution >= 0.6 is 43.6 Å². The van der Waals surface area contributed by atoms with E-state index in [1.165, 1.54) is 24.6 Å². The van der Waals surface area contributed by atoms with E-state index >= 15 is 0 Å². The van der Waals surface area contributed by atoms with E-state index in [0.29, 0.717) is 0 Å². The highest BCUT2D eigenvalue weighted by atomic mass is 79.9. The van der Waals surface area contributed by atoms with Gasteiger partial charge in [0.15, 0.2) is 0 Å². The summed E-state index contributed by atoms with van der Waals surface area (Å²) in [4.78, 5) is 2.51. The number of thioether (sulfide) groups is 1. The topological polar surface area (TPSA) is 35.5 Å². The van der Waals surface area contributed by atoms with Crippen LogP contribution in [0, 0.1) is 0 Å². The molecule has 1 aromatic rings. The van der Waals surface area contributed by atoms with E-state index in [-0.39, 0.29) is 5.75 Å². The highest BCUT2D eigenvalue weighted by Gasteiger charge is 2.09. The Hall–Kier alpha value is 0.250. The summed E-state index contributed by atoms with van der Waals surface area (Å²) in [5.74, 6) is 2.78. The molecule has 1 aromatic carbocycles. The van der Waals surface area contributed by atoms with Gasteiger partial charge in [-0.15, -0.1) is 0 Å². The van der Waals surface area contributed by atoms with Gasteiger partial charge in [0.05, 0.1) is 8.95 Å². The van der Waals surface area contributed by atoms with E-state index in [0.717, 1.165) is 34.1 Å². The highest BCUT2D eigenvalue weighted by molar-refractivity contribution is 9.11. The Morgan fingerprint density at radius 1 is 1.21 bits per heavy atom. The maximum absolute atomic E-state index is 9.65. The van der Waals surface area contributed by atoms with Gasteiger partial charge >= 0.3 is 0 Å². The summed E-state index contributed by atoms with van der Waals surface area (Å²) >= 11 is 8.74. The molecular formula is C13H18Br2N2OS. The van der Waals surface area contributed by atoms with Gasteiger partial charge in [0.25, 0.3) is 0 Å². The lowest BCUT2D eigenvalue weighted by Gasteiger charge is -2.26. The number of rotatable bonds is 5. The first kappa shape index (κ1) is 15.6. The second-order valence-electron chi connectivity index (χ2n) is 4.54. The Labute approximate surface area is 135 Å². The second kappa shape index (κ2) is 7.88. The first-order chi connectivity index (χ1) is 9.16. The monoisotopic (exact) mass is 408 g/mol. The van der Waals surface area contributed by atoms with Crippen LogP contribution in [0.3, 0.4) is 0 Å². The van der Waals surface area contributed by atoms with Gasteiger partial charge in [0, 0.05) is 44.2 Å². The van der Waals surface area contributed by atoms with Crippen LogP contribution in [-0.2, 0) is 6.54 Å². The average Bonchev–Trinajstić information content (AvgIpc) is 2.42. The summed E-state index contributed by atoms with van der Waals surface area (Å²) in [5, 5.41) is 13.1. The summed E-state index contributed by atoms with van der Waals surface area (Å²) < 4.78 is 1.46. The van der Waals surface area contributed by atoms with Crippen LogP contribution in [0.4, 0.5) is 0 Å². The molecule has 1 saturated heterocycles. The third kappa shape index (κ3) is 4.93.